The van der Waals surface area contributed by atoms with E-state index in [0.29, 0.717) is 32.7 Å². The summed E-state index contributed by atoms with van der Waals surface area (Å²) < 4.78 is 5.47. The summed E-state index contributed by atoms with van der Waals surface area (Å²) in [5.41, 5.74) is 0.420. The van der Waals surface area contributed by atoms with E-state index in [1.54, 1.807) is 16.2 Å². The fourth-order valence-electron chi connectivity index (χ4n) is 3.92. The Morgan fingerprint density at radius 3 is 2.88 bits per heavy atom. The zero-order valence-electron chi connectivity index (χ0n) is 14.3. The van der Waals surface area contributed by atoms with Crippen molar-refractivity contribution in [2.75, 3.05) is 26.3 Å². The van der Waals surface area contributed by atoms with Crippen LogP contribution in [0, 0.1) is 11.3 Å². The lowest BCUT2D eigenvalue weighted by Crippen LogP contribution is -2.45. The van der Waals surface area contributed by atoms with E-state index < -0.39 is 11.4 Å². The molecule has 5 nitrogen and oxygen atoms in total. The van der Waals surface area contributed by atoms with Crippen molar-refractivity contribution < 1.29 is 19.4 Å². The Kier molecular flexibility index (Phi) is 4.97. The van der Waals surface area contributed by atoms with Crippen molar-refractivity contribution in [3.8, 4) is 0 Å². The Morgan fingerprint density at radius 1 is 1.46 bits per heavy atom. The van der Waals surface area contributed by atoms with Gasteiger partial charge in [0.1, 0.15) is 0 Å². The van der Waals surface area contributed by atoms with E-state index in [1.165, 1.54) is 10.4 Å². The van der Waals surface area contributed by atoms with E-state index in [-0.39, 0.29) is 11.8 Å². The number of fused-ring (bicyclic) bond motifs is 1. The van der Waals surface area contributed by atoms with Gasteiger partial charge >= 0.3 is 5.97 Å². The number of carbonyl (C=O) groups is 2. The molecule has 6 heteroatoms. The highest BCUT2D eigenvalue weighted by atomic mass is 32.1. The molecule has 0 aromatic carbocycles. The average molecular weight is 351 g/mol. The first-order chi connectivity index (χ1) is 11.5. The van der Waals surface area contributed by atoms with Crippen molar-refractivity contribution >= 4 is 23.2 Å². The van der Waals surface area contributed by atoms with E-state index in [0.717, 1.165) is 24.1 Å². The van der Waals surface area contributed by atoms with Crippen molar-refractivity contribution in [1.82, 2.24) is 4.90 Å². The van der Waals surface area contributed by atoms with E-state index in [2.05, 4.69) is 13.8 Å². The number of likely N-dealkylation sites (tertiary alicyclic amines) is 1. The number of thiophene rings is 1. The largest absolute Gasteiger partial charge is 0.481 e. The van der Waals surface area contributed by atoms with Gasteiger partial charge in [-0.25, -0.2) is 0 Å². The van der Waals surface area contributed by atoms with Gasteiger partial charge in [0.05, 0.1) is 16.9 Å². The Morgan fingerprint density at radius 2 is 2.25 bits per heavy atom. The molecule has 0 aliphatic carbocycles. The summed E-state index contributed by atoms with van der Waals surface area (Å²) in [6.07, 6.45) is 3.47. The summed E-state index contributed by atoms with van der Waals surface area (Å²) in [5.74, 6) is -0.918. The topological polar surface area (TPSA) is 66.8 Å². The first-order valence-corrected chi connectivity index (χ1v) is 9.55. The molecule has 2 aliphatic rings. The molecule has 0 bridgehead atoms. The van der Waals surface area contributed by atoms with Crippen molar-refractivity contribution in [2.45, 2.75) is 39.5 Å². The maximum atomic E-state index is 12.9. The lowest BCUT2D eigenvalue weighted by Gasteiger charge is -2.33. The third kappa shape index (κ3) is 2.86. The van der Waals surface area contributed by atoms with Gasteiger partial charge in [-0.2, -0.15) is 0 Å². The van der Waals surface area contributed by atoms with Gasteiger partial charge < -0.3 is 14.7 Å². The Hall–Kier alpha value is -1.40. The highest BCUT2D eigenvalue weighted by molar-refractivity contribution is 7.14. The van der Waals surface area contributed by atoms with Crippen LogP contribution in [0.25, 0.3) is 0 Å². The summed E-state index contributed by atoms with van der Waals surface area (Å²) >= 11 is 1.57. The second-order valence-electron chi connectivity index (χ2n) is 6.83. The van der Waals surface area contributed by atoms with Crippen LogP contribution in [-0.4, -0.2) is 48.2 Å². The van der Waals surface area contributed by atoms with Crippen LogP contribution in [-0.2, 0) is 22.4 Å². The minimum atomic E-state index is -0.828. The van der Waals surface area contributed by atoms with Crippen LogP contribution in [0.3, 0.4) is 0 Å². The number of carbonyl (C=O) groups excluding carboxylic acids is 1. The molecule has 2 fully saturated rings. The van der Waals surface area contributed by atoms with Gasteiger partial charge in [-0.3, -0.25) is 9.59 Å². The van der Waals surface area contributed by atoms with Crippen LogP contribution in [0.5, 0.6) is 0 Å². The molecule has 132 valence electrons. The molecule has 1 N–H and O–H groups in total. The third-order valence-electron chi connectivity index (χ3n) is 5.39. The summed E-state index contributed by atoms with van der Waals surface area (Å²) in [6, 6.07) is 2.00. The van der Waals surface area contributed by atoms with Crippen LogP contribution in [0.4, 0.5) is 0 Å². The fourth-order valence-corrected chi connectivity index (χ4v) is 5.24. The molecule has 3 rings (SSSR count). The van der Waals surface area contributed by atoms with Crippen molar-refractivity contribution in [3.05, 3.63) is 21.4 Å². The lowest BCUT2D eigenvalue weighted by molar-refractivity contribution is -0.157. The number of aliphatic carboxylic acids is 1. The normalized spacial score (nSPS) is 26.4. The first kappa shape index (κ1) is 17.4. The number of carboxylic acids is 1. The number of hydrogen-bond acceptors (Lipinski definition) is 4. The Balaban J connectivity index is 1.82. The number of carboxylic acid groups (broad SMARTS) is 1. The highest BCUT2D eigenvalue weighted by Crippen LogP contribution is 2.43. The van der Waals surface area contributed by atoms with Crippen molar-refractivity contribution in [2.24, 2.45) is 11.3 Å². The van der Waals surface area contributed by atoms with Crippen LogP contribution in [0.2, 0.25) is 0 Å². The second kappa shape index (κ2) is 6.84. The maximum Gasteiger partial charge on any atom is 0.311 e. The van der Waals surface area contributed by atoms with Crippen molar-refractivity contribution in [1.29, 1.82) is 0 Å². The molecule has 2 atom stereocenters. The van der Waals surface area contributed by atoms with Gasteiger partial charge in [-0.15, -0.1) is 11.3 Å². The zero-order valence-corrected chi connectivity index (χ0v) is 15.2. The minimum absolute atomic E-state index is 0.0212. The summed E-state index contributed by atoms with van der Waals surface area (Å²) in [4.78, 5) is 28.6. The quantitative estimate of drug-likeness (QED) is 0.886. The van der Waals surface area contributed by atoms with Gasteiger partial charge in [-0.1, -0.05) is 20.3 Å². The van der Waals surface area contributed by atoms with Crippen LogP contribution >= 0.6 is 11.3 Å². The molecule has 1 aromatic rings. The van der Waals surface area contributed by atoms with E-state index >= 15 is 0 Å². The Bertz CT molecular complexity index is 641. The third-order valence-corrected chi connectivity index (χ3v) is 6.61. The SMILES string of the molecule is CCCc1sc(C(=O)N2C[C@H]3COCC[C@@]3(C(=O)O)C2)cc1CC. The molecule has 3 heterocycles. The summed E-state index contributed by atoms with van der Waals surface area (Å²) in [6.45, 7) is 5.93. The molecular weight excluding hydrogens is 326 g/mol. The molecule has 2 saturated heterocycles. The molecule has 0 spiro atoms. The van der Waals surface area contributed by atoms with Gasteiger partial charge in [0.2, 0.25) is 0 Å². The smallest absolute Gasteiger partial charge is 0.311 e. The number of aryl methyl sites for hydroxylation is 2. The molecule has 0 saturated carbocycles. The van der Waals surface area contributed by atoms with Crippen molar-refractivity contribution in [3.63, 3.8) is 0 Å². The van der Waals surface area contributed by atoms with Gasteiger partial charge in [0.15, 0.2) is 0 Å². The highest BCUT2D eigenvalue weighted by Gasteiger charge is 2.55. The molecule has 1 aromatic heterocycles. The fraction of sp³-hybridized carbons (Fsp3) is 0.667. The molecular formula is C18H25NO4S. The maximum absolute atomic E-state index is 12.9. The molecule has 0 radical (unpaired) electrons. The van der Waals surface area contributed by atoms with Crippen LogP contribution < -0.4 is 0 Å². The first-order valence-electron chi connectivity index (χ1n) is 8.73. The summed E-state index contributed by atoms with van der Waals surface area (Å²) in [5, 5.41) is 9.73. The minimum Gasteiger partial charge on any atom is -0.481 e. The Labute approximate surface area is 146 Å². The second-order valence-corrected chi connectivity index (χ2v) is 7.97. The molecule has 24 heavy (non-hydrogen) atoms. The monoisotopic (exact) mass is 351 g/mol. The predicted molar refractivity (Wildman–Crippen MR) is 92.6 cm³/mol. The predicted octanol–water partition coefficient (Wildman–Crippen LogP) is 2.83. The number of amides is 1. The number of ether oxygens (including phenoxy) is 1. The van der Waals surface area contributed by atoms with Gasteiger partial charge in [0.25, 0.3) is 5.91 Å². The molecule has 0 unspecified atom stereocenters. The molecule has 1 amide bonds. The zero-order chi connectivity index (χ0) is 17.3. The van der Waals surface area contributed by atoms with Gasteiger partial charge in [0, 0.05) is 30.5 Å². The number of nitrogens with zero attached hydrogens (tertiary/aromatic N) is 1. The van der Waals surface area contributed by atoms with Gasteiger partial charge in [-0.05, 0) is 30.9 Å². The standard InChI is InChI=1S/C18H25NO4S/c1-3-5-14-12(4-2)8-15(24-14)16(20)19-9-13-10-23-7-6-18(13,11-19)17(21)22/h8,13H,3-7,9-11H2,1-2H3,(H,21,22)/t13-,18+/m0/s1. The number of rotatable bonds is 5. The molecule has 2 aliphatic heterocycles. The number of hydrogen-bond donors (Lipinski definition) is 1. The van der Waals surface area contributed by atoms with Crippen LogP contribution in [0.15, 0.2) is 6.07 Å². The average Bonchev–Trinajstić information content (AvgIpc) is 3.16. The lowest BCUT2D eigenvalue weighted by atomic mass is 9.74. The van der Waals surface area contributed by atoms with E-state index in [9.17, 15) is 14.7 Å². The van der Waals surface area contributed by atoms with E-state index in [1.807, 2.05) is 6.07 Å². The summed E-state index contributed by atoms with van der Waals surface area (Å²) in [7, 11) is 0. The van der Waals surface area contributed by atoms with E-state index in [4.69, 9.17) is 4.74 Å². The van der Waals surface area contributed by atoms with Crippen LogP contribution in [0.1, 0.15) is 46.8 Å².